The first-order chi connectivity index (χ1) is 43.8. The molecule has 5 unspecified atom stereocenters. The number of hydrogen-bond acceptors (Lipinski definition) is 15. The molecule has 0 aliphatic heterocycles. The van der Waals surface area contributed by atoms with Gasteiger partial charge in [-0.25, -0.2) is 9.13 Å². The van der Waals surface area contributed by atoms with Gasteiger partial charge in [-0.15, -0.1) is 0 Å². The number of carbonyl (C=O) groups excluding carboxylic acids is 4. The van der Waals surface area contributed by atoms with Crippen molar-refractivity contribution in [1.82, 2.24) is 0 Å². The van der Waals surface area contributed by atoms with E-state index in [1.807, 2.05) is 0 Å². The van der Waals surface area contributed by atoms with Gasteiger partial charge in [-0.2, -0.15) is 0 Å². The lowest BCUT2D eigenvalue weighted by Gasteiger charge is -2.21. The van der Waals surface area contributed by atoms with Gasteiger partial charge in [-0.3, -0.25) is 37.3 Å². The number of rotatable bonds is 70. The van der Waals surface area contributed by atoms with Gasteiger partial charge in [0.15, 0.2) is 12.2 Å². The van der Waals surface area contributed by atoms with Gasteiger partial charge in [0.1, 0.15) is 19.3 Å². The first kappa shape index (κ1) is 89.1. The van der Waals surface area contributed by atoms with Gasteiger partial charge in [0.05, 0.1) is 26.4 Å². The number of ether oxygens (including phenoxy) is 4. The maximum Gasteiger partial charge on any atom is 0.472 e. The first-order valence-electron chi connectivity index (χ1n) is 37.5. The molecule has 0 radical (unpaired) electrons. The number of aliphatic hydroxyl groups is 1. The molecule has 0 aliphatic carbocycles. The molecular formula is C72H140O17P2. The number of hydrogen-bond donors (Lipinski definition) is 3. The topological polar surface area (TPSA) is 237 Å². The van der Waals surface area contributed by atoms with E-state index < -0.39 is 97.5 Å². The van der Waals surface area contributed by atoms with Crippen LogP contribution in [0, 0.1) is 17.8 Å². The molecule has 0 heterocycles. The Balaban J connectivity index is 5.22. The Morgan fingerprint density at radius 2 is 0.527 bits per heavy atom. The second kappa shape index (κ2) is 62.8. The second-order valence-electron chi connectivity index (χ2n) is 26.7. The molecular weight excluding hydrogens is 1200 g/mol. The van der Waals surface area contributed by atoms with Gasteiger partial charge in [-0.1, -0.05) is 312 Å². The van der Waals surface area contributed by atoms with E-state index in [2.05, 4.69) is 48.5 Å². The summed E-state index contributed by atoms with van der Waals surface area (Å²) >= 11 is 0. The first-order valence-corrected chi connectivity index (χ1v) is 40.5. The Bertz CT molecular complexity index is 1790. The maximum atomic E-state index is 13.0. The molecule has 0 saturated carbocycles. The Morgan fingerprint density at radius 3 is 0.780 bits per heavy atom. The summed E-state index contributed by atoms with van der Waals surface area (Å²) in [5.74, 6) is 0.0996. The number of unbranched alkanes of at least 4 members (excludes halogenated alkanes) is 35. The molecule has 0 amide bonds. The van der Waals surface area contributed by atoms with Crippen molar-refractivity contribution in [2.45, 2.75) is 381 Å². The fourth-order valence-electron chi connectivity index (χ4n) is 10.8. The van der Waals surface area contributed by atoms with Crippen LogP contribution in [0.1, 0.15) is 363 Å². The highest BCUT2D eigenvalue weighted by Gasteiger charge is 2.30. The van der Waals surface area contributed by atoms with Gasteiger partial charge >= 0.3 is 39.5 Å². The zero-order chi connectivity index (χ0) is 67.3. The fourth-order valence-corrected chi connectivity index (χ4v) is 12.4. The lowest BCUT2D eigenvalue weighted by atomic mass is 9.99. The van der Waals surface area contributed by atoms with Crippen LogP contribution in [0.3, 0.4) is 0 Å². The smallest absolute Gasteiger partial charge is 0.462 e. The van der Waals surface area contributed by atoms with Crippen LogP contribution < -0.4 is 0 Å². The highest BCUT2D eigenvalue weighted by Crippen LogP contribution is 2.45. The summed E-state index contributed by atoms with van der Waals surface area (Å²) in [5, 5.41) is 10.6. The number of phosphoric ester groups is 2. The van der Waals surface area contributed by atoms with Crippen molar-refractivity contribution in [1.29, 1.82) is 0 Å². The van der Waals surface area contributed by atoms with Crippen molar-refractivity contribution < 1.29 is 80.2 Å². The Labute approximate surface area is 556 Å². The summed E-state index contributed by atoms with van der Waals surface area (Å²) in [6.07, 6.45) is 47.3. The molecule has 0 rings (SSSR count). The number of aliphatic hydroxyl groups excluding tert-OH is 1. The summed E-state index contributed by atoms with van der Waals surface area (Å²) in [4.78, 5) is 72.6. The maximum absolute atomic E-state index is 13.0. The van der Waals surface area contributed by atoms with Crippen molar-refractivity contribution >= 4 is 39.5 Å². The van der Waals surface area contributed by atoms with Gasteiger partial charge in [0, 0.05) is 25.7 Å². The lowest BCUT2D eigenvalue weighted by Crippen LogP contribution is -2.30. The van der Waals surface area contributed by atoms with E-state index in [1.165, 1.54) is 167 Å². The van der Waals surface area contributed by atoms with Crippen LogP contribution in [0.2, 0.25) is 0 Å². The van der Waals surface area contributed by atoms with Crippen LogP contribution in [0.4, 0.5) is 0 Å². The quantitative estimate of drug-likeness (QED) is 0.0222. The summed E-state index contributed by atoms with van der Waals surface area (Å²) in [7, 11) is -9.90. The van der Waals surface area contributed by atoms with Crippen LogP contribution in [-0.2, 0) is 65.4 Å². The molecule has 0 aromatic carbocycles. The highest BCUT2D eigenvalue weighted by molar-refractivity contribution is 7.47. The predicted molar refractivity (Wildman–Crippen MR) is 368 cm³/mol. The summed E-state index contributed by atoms with van der Waals surface area (Å²) < 4.78 is 68.3. The standard InChI is InChI=1S/C72H140O17P2/c1-8-12-13-14-15-16-17-18-19-20-21-22-23-24-25-26-31-41-48-55-71(76)88-67(59-82-69(74)53-46-39-30-28-27-29-36-43-50-63(5)9-2)61-86-90(78,79)84-57-66(73)58-85-91(80,81)87-62-68(89-72(77)56-49-42-35-33-38-45-52-65(7)11-4)60-83-70(75)54-47-40-34-32-37-44-51-64(6)10-3/h63-68,73H,8-62H2,1-7H3,(H,78,79)(H,80,81)/t63?,64?,65?,66-,67-,68-/m1/s1. The largest absolute Gasteiger partial charge is 0.472 e. The average molecular weight is 1340 g/mol. The minimum atomic E-state index is -4.95. The van der Waals surface area contributed by atoms with Crippen molar-refractivity contribution in [3.8, 4) is 0 Å². The third-order valence-electron chi connectivity index (χ3n) is 17.7. The zero-order valence-corrected chi connectivity index (χ0v) is 61.1. The van der Waals surface area contributed by atoms with Gasteiger partial charge in [0.2, 0.25) is 0 Å². The minimum Gasteiger partial charge on any atom is -0.462 e. The zero-order valence-electron chi connectivity index (χ0n) is 59.3. The third-order valence-corrected chi connectivity index (χ3v) is 19.6. The van der Waals surface area contributed by atoms with E-state index in [0.717, 1.165) is 114 Å². The average Bonchev–Trinajstić information content (AvgIpc) is 3.24. The Morgan fingerprint density at radius 1 is 0.308 bits per heavy atom. The molecule has 3 N–H and O–H groups in total. The van der Waals surface area contributed by atoms with Gasteiger partial charge in [-0.05, 0) is 43.4 Å². The van der Waals surface area contributed by atoms with E-state index in [1.54, 1.807) is 0 Å². The minimum absolute atomic E-state index is 0.102. The molecule has 19 heteroatoms. The molecule has 0 saturated heterocycles. The highest BCUT2D eigenvalue weighted by atomic mass is 31.2. The van der Waals surface area contributed by atoms with E-state index in [0.29, 0.717) is 25.7 Å². The number of phosphoric acid groups is 2. The fraction of sp³-hybridized carbons (Fsp3) is 0.944. The Kier molecular flexibility index (Phi) is 61.5. The molecule has 0 bridgehead atoms. The molecule has 8 atom stereocenters. The second-order valence-corrected chi connectivity index (χ2v) is 29.6. The van der Waals surface area contributed by atoms with Crippen LogP contribution in [0.5, 0.6) is 0 Å². The molecule has 0 spiro atoms. The van der Waals surface area contributed by atoms with E-state index in [4.69, 9.17) is 37.0 Å². The molecule has 0 aromatic rings. The summed E-state index contributed by atoms with van der Waals surface area (Å²) in [6.45, 7) is 11.8. The number of carbonyl (C=O) groups is 4. The van der Waals surface area contributed by atoms with Crippen molar-refractivity contribution in [3.63, 3.8) is 0 Å². The Hall–Kier alpha value is -1.94. The lowest BCUT2D eigenvalue weighted by molar-refractivity contribution is -0.161. The molecule has 540 valence electrons. The van der Waals surface area contributed by atoms with Crippen LogP contribution in [-0.4, -0.2) is 96.7 Å². The van der Waals surface area contributed by atoms with Gasteiger partial charge in [0.25, 0.3) is 0 Å². The summed E-state index contributed by atoms with van der Waals surface area (Å²) in [5.41, 5.74) is 0. The number of esters is 4. The SMILES string of the molecule is CCCCCCCCCCCCCCCCCCCCCC(=O)O[C@H](COC(=O)CCCCCCCCCCC(C)CC)COP(=O)(O)OC[C@@H](O)COP(=O)(O)OC[C@@H](COC(=O)CCCCCCCCC(C)CC)OC(=O)CCCCCCCCC(C)CC. The normalized spacial score (nSPS) is 15.1. The molecule has 0 aliphatic rings. The van der Waals surface area contributed by atoms with E-state index >= 15 is 0 Å². The van der Waals surface area contributed by atoms with E-state index in [9.17, 15) is 43.2 Å². The molecule has 0 aromatic heterocycles. The van der Waals surface area contributed by atoms with Crippen molar-refractivity contribution in [3.05, 3.63) is 0 Å². The van der Waals surface area contributed by atoms with Crippen LogP contribution in [0.15, 0.2) is 0 Å². The predicted octanol–water partition coefficient (Wildman–Crippen LogP) is 20.6. The third kappa shape index (κ3) is 62.6. The molecule has 91 heavy (non-hydrogen) atoms. The van der Waals surface area contributed by atoms with Crippen molar-refractivity contribution in [2.75, 3.05) is 39.6 Å². The van der Waals surface area contributed by atoms with Crippen LogP contribution in [0.25, 0.3) is 0 Å². The van der Waals surface area contributed by atoms with Crippen molar-refractivity contribution in [2.24, 2.45) is 17.8 Å². The summed E-state index contributed by atoms with van der Waals surface area (Å²) in [6, 6.07) is 0. The van der Waals surface area contributed by atoms with Crippen LogP contribution >= 0.6 is 15.6 Å². The molecule has 17 nitrogen and oxygen atoms in total. The molecule has 0 fully saturated rings. The van der Waals surface area contributed by atoms with Gasteiger partial charge < -0.3 is 33.8 Å². The van der Waals surface area contributed by atoms with E-state index in [-0.39, 0.29) is 25.7 Å². The monoisotopic (exact) mass is 1340 g/mol.